The van der Waals surface area contributed by atoms with Gasteiger partial charge in [0, 0.05) is 11.6 Å². The van der Waals surface area contributed by atoms with Crippen LogP contribution in [0.25, 0.3) is 5.69 Å². The number of nitrogens with two attached hydrogens (primary N) is 1. The van der Waals surface area contributed by atoms with E-state index in [0.717, 1.165) is 24.2 Å². The first-order valence-corrected chi connectivity index (χ1v) is 7.49. The highest BCUT2D eigenvalue weighted by atomic mass is 35.5. The average Bonchev–Trinajstić information content (AvgIpc) is 3.09. The van der Waals surface area contributed by atoms with E-state index in [2.05, 4.69) is 27.3 Å². The lowest BCUT2D eigenvalue weighted by Gasteiger charge is -2.25. The lowest BCUT2D eigenvalue weighted by molar-refractivity contribution is -0.123. The second kappa shape index (κ2) is 6.02. The normalized spacial score (nSPS) is 22.1. The van der Waals surface area contributed by atoms with Crippen LogP contribution in [-0.2, 0) is 11.3 Å². The molecular weight excluding hydrogens is 304 g/mol. The molecule has 0 spiro atoms. The fourth-order valence-corrected chi connectivity index (χ4v) is 3.25. The number of hydrogen-bond donors (Lipinski definition) is 1. The summed E-state index contributed by atoms with van der Waals surface area (Å²) in [6.07, 6.45) is 2.49. The van der Waals surface area contributed by atoms with Crippen molar-refractivity contribution in [2.75, 3.05) is 6.54 Å². The molecule has 0 radical (unpaired) electrons. The summed E-state index contributed by atoms with van der Waals surface area (Å²) in [5.74, 6) is -0.0239. The minimum atomic E-state index is -0.281. The molecule has 2 heterocycles. The lowest BCUT2D eigenvalue weighted by Crippen LogP contribution is -2.42. The van der Waals surface area contributed by atoms with Gasteiger partial charge in [0.15, 0.2) is 0 Å². The van der Waals surface area contributed by atoms with Crippen LogP contribution in [0.4, 0.5) is 0 Å². The molecule has 1 aromatic heterocycles. The Bertz CT molecular complexity index is 674. The number of amides is 1. The molecule has 1 amide bonds. The van der Waals surface area contributed by atoms with Gasteiger partial charge in [0.05, 0.1) is 11.7 Å². The molecule has 1 aromatic carbocycles. The lowest BCUT2D eigenvalue weighted by atomic mass is 10.0. The summed E-state index contributed by atoms with van der Waals surface area (Å²) in [4.78, 5) is 13.8. The van der Waals surface area contributed by atoms with E-state index in [1.807, 2.05) is 12.1 Å². The van der Waals surface area contributed by atoms with E-state index in [1.54, 1.807) is 10.7 Å². The number of tetrazole rings is 1. The van der Waals surface area contributed by atoms with Gasteiger partial charge in [-0.2, -0.15) is 0 Å². The Morgan fingerprint density at radius 2 is 2.32 bits per heavy atom. The molecule has 0 saturated carbocycles. The molecule has 22 heavy (non-hydrogen) atoms. The Kier molecular flexibility index (Phi) is 4.08. The molecule has 0 aliphatic carbocycles. The quantitative estimate of drug-likeness (QED) is 0.908. The van der Waals surface area contributed by atoms with Crippen LogP contribution in [0.15, 0.2) is 24.5 Å². The fraction of sp³-hybridized carbons (Fsp3) is 0.429. The van der Waals surface area contributed by atoms with Gasteiger partial charge in [-0.15, -0.1) is 5.10 Å². The first-order chi connectivity index (χ1) is 10.6. The number of likely N-dealkylation sites (tertiary alicyclic amines) is 1. The number of nitrogens with zero attached hydrogens (tertiary/aromatic N) is 5. The van der Waals surface area contributed by atoms with Crippen LogP contribution >= 0.6 is 11.6 Å². The van der Waals surface area contributed by atoms with Crippen molar-refractivity contribution in [3.05, 3.63) is 35.1 Å². The van der Waals surface area contributed by atoms with Crippen LogP contribution in [0.2, 0.25) is 5.02 Å². The number of halogens is 1. The molecule has 1 saturated heterocycles. The van der Waals surface area contributed by atoms with Crippen LogP contribution in [0.5, 0.6) is 0 Å². The van der Waals surface area contributed by atoms with E-state index in [9.17, 15) is 4.79 Å². The molecule has 2 aromatic rings. The van der Waals surface area contributed by atoms with E-state index in [0.29, 0.717) is 11.6 Å². The van der Waals surface area contributed by atoms with E-state index in [1.165, 1.54) is 6.33 Å². The van der Waals surface area contributed by atoms with Crippen molar-refractivity contribution in [3.63, 3.8) is 0 Å². The van der Waals surface area contributed by atoms with Gasteiger partial charge < -0.3 is 5.73 Å². The number of benzene rings is 1. The summed E-state index contributed by atoms with van der Waals surface area (Å²) in [5, 5.41) is 11.9. The number of rotatable bonds is 4. The third-order valence-corrected chi connectivity index (χ3v) is 4.34. The molecule has 116 valence electrons. The fourth-order valence-electron chi connectivity index (χ4n) is 3.06. The standard InChI is InChI=1S/C14H17ClN6O/c1-9-4-5-20(13(9)14(16)22)7-10-6-11(15)2-3-12(10)21-8-17-18-19-21/h2-3,6,8-9,13H,4-5,7H2,1H3,(H2,16,22)/t9-,13+/m1/s1. The highest BCUT2D eigenvalue weighted by Gasteiger charge is 2.35. The van der Waals surface area contributed by atoms with Crippen LogP contribution in [0.1, 0.15) is 18.9 Å². The van der Waals surface area contributed by atoms with Gasteiger partial charge in [-0.1, -0.05) is 18.5 Å². The van der Waals surface area contributed by atoms with Gasteiger partial charge in [-0.3, -0.25) is 9.69 Å². The molecule has 1 aliphatic heterocycles. The molecule has 7 nitrogen and oxygen atoms in total. The van der Waals surface area contributed by atoms with Crippen LogP contribution < -0.4 is 5.73 Å². The summed E-state index contributed by atoms with van der Waals surface area (Å²) in [5.41, 5.74) is 7.35. The number of carbonyl (C=O) groups is 1. The van der Waals surface area contributed by atoms with E-state index >= 15 is 0 Å². The third kappa shape index (κ3) is 2.82. The molecule has 2 N–H and O–H groups in total. The van der Waals surface area contributed by atoms with E-state index in [-0.39, 0.29) is 17.9 Å². The van der Waals surface area contributed by atoms with Gasteiger partial charge in [-0.25, -0.2) is 4.68 Å². The molecule has 1 fully saturated rings. The predicted octanol–water partition coefficient (Wildman–Crippen LogP) is 1.01. The first-order valence-electron chi connectivity index (χ1n) is 7.11. The monoisotopic (exact) mass is 320 g/mol. The van der Waals surface area contributed by atoms with E-state index in [4.69, 9.17) is 17.3 Å². The van der Waals surface area contributed by atoms with Crippen molar-refractivity contribution < 1.29 is 4.79 Å². The molecule has 3 rings (SSSR count). The molecule has 2 atom stereocenters. The summed E-state index contributed by atoms with van der Waals surface area (Å²) in [7, 11) is 0. The summed E-state index contributed by atoms with van der Waals surface area (Å²) in [6.45, 7) is 3.46. The first kappa shape index (κ1) is 14.9. The topological polar surface area (TPSA) is 89.9 Å². The molecule has 0 unspecified atom stereocenters. The highest BCUT2D eigenvalue weighted by Crippen LogP contribution is 2.28. The smallest absolute Gasteiger partial charge is 0.235 e. The zero-order valence-electron chi connectivity index (χ0n) is 12.2. The predicted molar refractivity (Wildman–Crippen MR) is 81.3 cm³/mol. The maximum atomic E-state index is 11.7. The Labute approximate surface area is 133 Å². The minimum absolute atomic E-state index is 0.249. The Morgan fingerprint density at radius 1 is 1.50 bits per heavy atom. The van der Waals surface area contributed by atoms with Crippen molar-refractivity contribution in [3.8, 4) is 5.69 Å². The second-order valence-corrected chi connectivity index (χ2v) is 6.05. The molecular formula is C14H17ClN6O. The van der Waals surface area contributed by atoms with Crippen molar-refractivity contribution >= 4 is 17.5 Å². The van der Waals surface area contributed by atoms with Gasteiger partial charge in [-0.05, 0) is 53.1 Å². The van der Waals surface area contributed by atoms with Crippen LogP contribution in [0, 0.1) is 5.92 Å². The maximum absolute atomic E-state index is 11.7. The zero-order chi connectivity index (χ0) is 15.7. The van der Waals surface area contributed by atoms with Crippen molar-refractivity contribution in [2.45, 2.75) is 25.9 Å². The van der Waals surface area contributed by atoms with Crippen LogP contribution in [0.3, 0.4) is 0 Å². The van der Waals surface area contributed by atoms with Gasteiger partial charge in [0.25, 0.3) is 0 Å². The van der Waals surface area contributed by atoms with Gasteiger partial charge in [0.1, 0.15) is 6.33 Å². The van der Waals surface area contributed by atoms with E-state index < -0.39 is 0 Å². The average molecular weight is 321 g/mol. The van der Waals surface area contributed by atoms with Crippen molar-refractivity contribution in [1.82, 2.24) is 25.1 Å². The molecule has 0 bridgehead atoms. The van der Waals surface area contributed by atoms with Crippen molar-refractivity contribution in [1.29, 1.82) is 0 Å². The molecule has 8 heteroatoms. The maximum Gasteiger partial charge on any atom is 0.235 e. The number of aromatic nitrogens is 4. The van der Waals surface area contributed by atoms with Crippen LogP contribution in [-0.4, -0.2) is 43.6 Å². The summed E-state index contributed by atoms with van der Waals surface area (Å²) < 4.78 is 1.59. The van der Waals surface area contributed by atoms with Gasteiger partial charge in [0.2, 0.25) is 5.91 Å². The molecule has 1 aliphatic rings. The Morgan fingerprint density at radius 3 is 3.00 bits per heavy atom. The SMILES string of the molecule is C[C@@H]1CCN(Cc2cc(Cl)ccc2-n2cnnn2)[C@@H]1C(N)=O. The Balaban J connectivity index is 1.92. The number of primary amides is 1. The largest absolute Gasteiger partial charge is 0.368 e. The Hall–Kier alpha value is -1.99. The highest BCUT2D eigenvalue weighted by molar-refractivity contribution is 6.30. The number of carbonyl (C=O) groups excluding carboxylic acids is 1. The van der Waals surface area contributed by atoms with Crippen molar-refractivity contribution in [2.24, 2.45) is 11.7 Å². The summed E-state index contributed by atoms with van der Waals surface area (Å²) >= 11 is 6.12. The number of hydrogen-bond acceptors (Lipinski definition) is 5. The van der Waals surface area contributed by atoms with Gasteiger partial charge >= 0.3 is 0 Å². The third-order valence-electron chi connectivity index (χ3n) is 4.11. The minimum Gasteiger partial charge on any atom is -0.368 e. The zero-order valence-corrected chi connectivity index (χ0v) is 12.9. The summed E-state index contributed by atoms with van der Waals surface area (Å²) in [6, 6.07) is 5.29. The second-order valence-electron chi connectivity index (χ2n) is 5.61.